The number of aromatic nitrogens is 2. The molecule has 0 aliphatic carbocycles. The fraction of sp³-hybridized carbons (Fsp3) is 0.167. The Balaban J connectivity index is 1.57. The van der Waals surface area contributed by atoms with E-state index in [2.05, 4.69) is 22.4 Å². The van der Waals surface area contributed by atoms with E-state index in [1.165, 1.54) is 5.56 Å². The molecule has 0 saturated heterocycles. The number of hydrogen-bond donors (Lipinski definition) is 2. The highest BCUT2D eigenvalue weighted by Crippen LogP contribution is 2.22. The van der Waals surface area contributed by atoms with Gasteiger partial charge in [0.05, 0.1) is 11.0 Å². The standard InChI is InChI=1S/C24H23N3O2/c1-17(28)24-26-21-13-7-8-14-22(21)27(24)16-23(29)25-20-12-6-5-11-19(20)15-18-9-3-2-4-10-18/h2-14,17,28H,15-16H2,1H3,(H,25,29). The lowest BCUT2D eigenvalue weighted by Crippen LogP contribution is -2.21. The first-order chi connectivity index (χ1) is 14.1. The number of nitrogens with zero attached hydrogens (tertiary/aromatic N) is 2. The number of aliphatic hydroxyl groups is 1. The van der Waals surface area contributed by atoms with Crippen molar-refractivity contribution in [3.05, 3.63) is 95.8 Å². The van der Waals surface area contributed by atoms with E-state index in [0.717, 1.165) is 28.7 Å². The van der Waals surface area contributed by atoms with Gasteiger partial charge < -0.3 is 15.0 Å². The van der Waals surface area contributed by atoms with Gasteiger partial charge in [-0.15, -0.1) is 0 Å². The van der Waals surface area contributed by atoms with Crippen molar-refractivity contribution in [2.24, 2.45) is 0 Å². The maximum Gasteiger partial charge on any atom is 0.244 e. The van der Waals surface area contributed by atoms with Gasteiger partial charge >= 0.3 is 0 Å². The highest BCUT2D eigenvalue weighted by atomic mass is 16.3. The number of amides is 1. The largest absolute Gasteiger partial charge is 0.385 e. The quantitative estimate of drug-likeness (QED) is 0.519. The number of para-hydroxylation sites is 3. The molecule has 3 aromatic carbocycles. The first-order valence-corrected chi connectivity index (χ1v) is 9.67. The minimum absolute atomic E-state index is 0.0837. The Labute approximate surface area is 169 Å². The smallest absolute Gasteiger partial charge is 0.244 e. The van der Waals surface area contributed by atoms with E-state index in [1.54, 1.807) is 11.5 Å². The summed E-state index contributed by atoms with van der Waals surface area (Å²) in [6.07, 6.45) is -0.0231. The molecule has 0 aliphatic rings. The van der Waals surface area contributed by atoms with Gasteiger partial charge in [-0.1, -0.05) is 60.7 Å². The molecule has 0 spiro atoms. The van der Waals surface area contributed by atoms with E-state index < -0.39 is 6.10 Å². The van der Waals surface area contributed by atoms with Crippen molar-refractivity contribution < 1.29 is 9.90 Å². The highest BCUT2D eigenvalue weighted by molar-refractivity contribution is 5.92. The van der Waals surface area contributed by atoms with Crippen molar-refractivity contribution in [3.8, 4) is 0 Å². The van der Waals surface area contributed by atoms with Crippen LogP contribution in [0.3, 0.4) is 0 Å². The Kier molecular flexibility index (Phi) is 5.40. The zero-order valence-corrected chi connectivity index (χ0v) is 16.2. The van der Waals surface area contributed by atoms with Crippen LogP contribution in [0.5, 0.6) is 0 Å². The first-order valence-electron chi connectivity index (χ1n) is 9.67. The van der Waals surface area contributed by atoms with Crippen LogP contribution in [-0.4, -0.2) is 20.6 Å². The normalized spacial score (nSPS) is 12.1. The average molecular weight is 385 g/mol. The summed E-state index contributed by atoms with van der Waals surface area (Å²) in [7, 11) is 0. The van der Waals surface area contributed by atoms with E-state index in [4.69, 9.17) is 0 Å². The molecule has 0 saturated carbocycles. The number of hydrogen-bond acceptors (Lipinski definition) is 3. The first kappa shape index (κ1) is 18.9. The van der Waals surface area contributed by atoms with Crippen LogP contribution >= 0.6 is 0 Å². The van der Waals surface area contributed by atoms with Gasteiger partial charge in [0.2, 0.25) is 5.91 Å². The zero-order chi connectivity index (χ0) is 20.2. The van der Waals surface area contributed by atoms with Crippen molar-refractivity contribution >= 4 is 22.6 Å². The molecule has 1 unspecified atom stereocenters. The molecule has 5 heteroatoms. The molecule has 0 fully saturated rings. The minimum Gasteiger partial charge on any atom is -0.385 e. The molecular formula is C24H23N3O2. The van der Waals surface area contributed by atoms with E-state index in [0.29, 0.717) is 5.82 Å². The van der Waals surface area contributed by atoms with Crippen LogP contribution in [-0.2, 0) is 17.8 Å². The van der Waals surface area contributed by atoms with Gasteiger partial charge in [0.25, 0.3) is 0 Å². The molecule has 146 valence electrons. The van der Waals surface area contributed by atoms with Gasteiger partial charge in [0, 0.05) is 5.69 Å². The fourth-order valence-corrected chi connectivity index (χ4v) is 3.52. The summed E-state index contributed by atoms with van der Waals surface area (Å²) in [6, 6.07) is 25.6. The van der Waals surface area contributed by atoms with Gasteiger partial charge in [0.15, 0.2) is 0 Å². The molecule has 0 radical (unpaired) electrons. The Hall–Kier alpha value is -3.44. The maximum atomic E-state index is 12.9. The third-order valence-corrected chi connectivity index (χ3v) is 4.89. The molecule has 4 aromatic rings. The summed E-state index contributed by atoms with van der Waals surface area (Å²) in [5.41, 5.74) is 4.63. The van der Waals surface area contributed by atoms with Crippen molar-refractivity contribution in [1.82, 2.24) is 9.55 Å². The molecule has 4 rings (SSSR count). The second kappa shape index (κ2) is 8.29. The predicted molar refractivity (Wildman–Crippen MR) is 115 cm³/mol. The highest BCUT2D eigenvalue weighted by Gasteiger charge is 2.17. The summed E-state index contributed by atoms with van der Waals surface area (Å²) in [5, 5.41) is 13.1. The van der Waals surface area contributed by atoms with Gasteiger partial charge in [-0.05, 0) is 42.7 Å². The predicted octanol–water partition coefficient (Wildman–Crippen LogP) is 4.32. The molecular weight excluding hydrogens is 362 g/mol. The fourth-order valence-electron chi connectivity index (χ4n) is 3.52. The number of benzene rings is 3. The summed E-state index contributed by atoms with van der Waals surface area (Å²) < 4.78 is 1.77. The van der Waals surface area contributed by atoms with E-state index >= 15 is 0 Å². The van der Waals surface area contributed by atoms with E-state index in [-0.39, 0.29) is 12.5 Å². The minimum atomic E-state index is -0.763. The van der Waals surface area contributed by atoms with Gasteiger partial charge in [0.1, 0.15) is 18.5 Å². The van der Waals surface area contributed by atoms with Crippen LogP contribution in [0, 0.1) is 0 Å². The number of imidazole rings is 1. The SMILES string of the molecule is CC(O)c1nc2ccccc2n1CC(=O)Nc1ccccc1Cc1ccccc1. The van der Waals surface area contributed by atoms with Crippen LogP contribution < -0.4 is 5.32 Å². The molecule has 29 heavy (non-hydrogen) atoms. The topological polar surface area (TPSA) is 67.2 Å². The molecule has 2 N–H and O–H groups in total. The third-order valence-electron chi connectivity index (χ3n) is 4.89. The Morgan fingerprint density at radius 3 is 2.48 bits per heavy atom. The number of carbonyl (C=O) groups is 1. The molecule has 1 heterocycles. The lowest BCUT2D eigenvalue weighted by molar-refractivity contribution is -0.116. The third kappa shape index (κ3) is 4.20. The van der Waals surface area contributed by atoms with E-state index in [9.17, 15) is 9.90 Å². The Bertz CT molecular complexity index is 1130. The number of carbonyl (C=O) groups excluding carboxylic acids is 1. The van der Waals surface area contributed by atoms with Crippen LogP contribution in [0.1, 0.15) is 30.0 Å². The van der Waals surface area contributed by atoms with Crippen molar-refractivity contribution in [3.63, 3.8) is 0 Å². The summed E-state index contributed by atoms with van der Waals surface area (Å²) in [4.78, 5) is 17.3. The average Bonchev–Trinajstić information content (AvgIpc) is 3.09. The van der Waals surface area contributed by atoms with Crippen LogP contribution in [0.2, 0.25) is 0 Å². The number of fused-ring (bicyclic) bond motifs is 1. The lowest BCUT2D eigenvalue weighted by atomic mass is 10.0. The van der Waals surface area contributed by atoms with Crippen LogP contribution in [0.15, 0.2) is 78.9 Å². The second-order valence-corrected chi connectivity index (χ2v) is 7.09. The summed E-state index contributed by atoms with van der Waals surface area (Å²) in [6.45, 7) is 1.74. The Morgan fingerprint density at radius 2 is 1.69 bits per heavy atom. The number of anilines is 1. The summed E-state index contributed by atoms with van der Waals surface area (Å²) in [5.74, 6) is 0.328. The number of rotatable bonds is 6. The summed E-state index contributed by atoms with van der Waals surface area (Å²) >= 11 is 0. The van der Waals surface area contributed by atoms with Crippen molar-refractivity contribution in [2.45, 2.75) is 26.0 Å². The number of aliphatic hydroxyl groups excluding tert-OH is 1. The van der Waals surface area contributed by atoms with Gasteiger partial charge in [-0.3, -0.25) is 4.79 Å². The molecule has 0 bridgehead atoms. The zero-order valence-electron chi connectivity index (χ0n) is 16.2. The van der Waals surface area contributed by atoms with E-state index in [1.807, 2.05) is 66.7 Å². The Morgan fingerprint density at radius 1 is 1.00 bits per heavy atom. The maximum absolute atomic E-state index is 12.9. The monoisotopic (exact) mass is 385 g/mol. The molecule has 1 aromatic heterocycles. The van der Waals surface area contributed by atoms with Crippen LogP contribution in [0.4, 0.5) is 5.69 Å². The van der Waals surface area contributed by atoms with Crippen molar-refractivity contribution in [2.75, 3.05) is 5.32 Å². The van der Waals surface area contributed by atoms with Gasteiger partial charge in [-0.25, -0.2) is 4.98 Å². The lowest BCUT2D eigenvalue weighted by Gasteiger charge is -2.14. The molecule has 5 nitrogen and oxygen atoms in total. The molecule has 1 atom stereocenters. The number of nitrogens with one attached hydrogen (secondary N) is 1. The molecule has 0 aliphatic heterocycles. The second-order valence-electron chi connectivity index (χ2n) is 7.09. The molecule has 1 amide bonds. The van der Waals surface area contributed by atoms with Crippen molar-refractivity contribution in [1.29, 1.82) is 0 Å². The van der Waals surface area contributed by atoms with Gasteiger partial charge in [-0.2, -0.15) is 0 Å². The van der Waals surface area contributed by atoms with Crippen LogP contribution in [0.25, 0.3) is 11.0 Å².